The Balaban J connectivity index is 0.892. The summed E-state index contributed by atoms with van der Waals surface area (Å²) in [6, 6.07) is 9.32. The van der Waals surface area contributed by atoms with Crippen LogP contribution in [0.25, 0.3) is 0 Å². The van der Waals surface area contributed by atoms with Gasteiger partial charge in [-0.15, -0.1) is 5.10 Å². The fourth-order valence-corrected chi connectivity index (χ4v) is 6.82. The second-order valence-electron chi connectivity index (χ2n) is 13.9. The zero-order valence-electron chi connectivity index (χ0n) is 30.2. The average Bonchev–Trinajstić information content (AvgIpc) is 3.86. The van der Waals surface area contributed by atoms with Crippen LogP contribution in [0.4, 0.5) is 17.5 Å². The average molecular weight is 715 g/mol. The molecule has 1 saturated heterocycles. The molecule has 0 spiro atoms. The van der Waals surface area contributed by atoms with Crippen LogP contribution in [0.5, 0.6) is 0 Å². The Labute approximate surface area is 306 Å². The second kappa shape index (κ2) is 19.4. The van der Waals surface area contributed by atoms with Gasteiger partial charge in [0.1, 0.15) is 24.0 Å². The molecule has 0 unspecified atom stereocenters. The van der Waals surface area contributed by atoms with Crippen LogP contribution < -0.4 is 26.6 Å². The highest BCUT2D eigenvalue weighted by atomic mass is 16.5. The lowest BCUT2D eigenvalue weighted by Crippen LogP contribution is -2.49. The van der Waals surface area contributed by atoms with E-state index < -0.39 is 12.0 Å². The van der Waals surface area contributed by atoms with Crippen LogP contribution in [0.2, 0.25) is 0 Å². The Morgan fingerprint density at radius 1 is 0.981 bits per heavy atom. The largest absolute Gasteiger partial charge is 0.460 e. The monoisotopic (exact) mass is 714 g/mol. The van der Waals surface area contributed by atoms with Gasteiger partial charge >= 0.3 is 5.97 Å². The van der Waals surface area contributed by atoms with Gasteiger partial charge in [-0.25, -0.2) is 4.98 Å². The first-order valence-corrected chi connectivity index (χ1v) is 19.0. The van der Waals surface area contributed by atoms with Gasteiger partial charge < -0.3 is 36.2 Å². The maximum absolute atomic E-state index is 13.0. The topological polar surface area (TPSA) is 181 Å². The molecular weight excluding hydrogens is 660 g/mol. The van der Waals surface area contributed by atoms with Gasteiger partial charge in [-0.1, -0.05) is 54.8 Å². The molecule has 4 heterocycles. The van der Waals surface area contributed by atoms with Crippen molar-refractivity contribution in [2.24, 2.45) is 10.7 Å². The highest BCUT2D eigenvalue weighted by molar-refractivity contribution is 5.81. The summed E-state index contributed by atoms with van der Waals surface area (Å²) in [7, 11) is 0. The molecule has 2 aromatic heterocycles. The Kier molecular flexibility index (Phi) is 13.9. The van der Waals surface area contributed by atoms with E-state index in [9.17, 15) is 9.59 Å². The maximum Gasteiger partial charge on any atom is 0.323 e. The van der Waals surface area contributed by atoms with Crippen molar-refractivity contribution in [1.29, 1.82) is 0 Å². The minimum absolute atomic E-state index is 0.0292. The number of anilines is 2. The van der Waals surface area contributed by atoms with Gasteiger partial charge in [-0.2, -0.15) is 4.98 Å². The zero-order chi connectivity index (χ0) is 36.0. The minimum Gasteiger partial charge on any atom is -0.460 e. The molecular formula is C37H54N12O3. The first-order valence-electron chi connectivity index (χ1n) is 19.0. The highest BCUT2D eigenvalue weighted by Crippen LogP contribution is 2.32. The van der Waals surface area contributed by atoms with Crippen LogP contribution in [0, 0.1) is 0 Å². The molecule has 0 bridgehead atoms. The summed E-state index contributed by atoms with van der Waals surface area (Å²) in [4.78, 5) is 43.4. The van der Waals surface area contributed by atoms with Crippen LogP contribution in [0.1, 0.15) is 74.7 Å². The number of rotatable bonds is 19. The number of ether oxygens (including phenoxy) is 1. The van der Waals surface area contributed by atoms with Crippen LogP contribution in [0.3, 0.4) is 0 Å². The van der Waals surface area contributed by atoms with E-state index in [2.05, 4.69) is 36.2 Å². The number of nitrogens with zero attached hydrogens (tertiary/aromatic N) is 8. The minimum atomic E-state index is -0.845. The van der Waals surface area contributed by atoms with E-state index >= 15 is 0 Å². The number of piperazine rings is 1. The van der Waals surface area contributed by atoms with E-state index in [4.69, 9.17) is 20.4 Å². The van der Waals surface area contributed by atoms with E-state index in [1.165, 1.54) is 32.1 Å². The fourth-order valence-electron chi connectivity index (χ4n) is 6.82. The predicted octanol–water partition coefficient (Wildman–Crippen LogP) is 2.73. The summed E-state index contributed by atoms with van der Waals surface area (Å²) >= 11 is 0. The summed E-state index contributed by atoms with van der Waals surface area (Å²) < 4.78 is 7.22. The van der Waals surface area contributed by atoms with Gasteiger partial charge in [0.15, 0.2) is 5.82 Å². The first-order chi connectivity index (χ1) is 25.5. The number of amides is 1. The molecule has 5 N–H and O–H groups in total. The lowest BCUT2D eigenvalue weighted by Gasteiger charge is -2.35. The van der Waals surface area contributed by atoms with Gasteiger partial charge in [-0.3, -0.25) is 19.3 Å². The van der Waals surface area contributed by atoms with Gasteiger partial charge in [-0.05, 0) is 57.3 Å². The molecule has 1 aliphatic carbocycles. The van der Waals surface area contributed by atoms with Crippen LogP contribution in [-0.2, 0) is 40.4 Å². The standard InChI is InChI=1S/C37H54N12O3/c38-31(36(51)52-27-28-9-3-1-4-10-28)13-14-33(50)47-21-23-48(24-22-47)37-43-32-15-19-41-34(32)35(44-37)42-25-30-26-49(46-45-30)20-8-17-39-16-7-18-40-29-11-5-2-6-12-29/h1,3-4,9-10,19,26,29,31,39-40H,2,5-8,11-18,20-25,27,38H2,(H,42,43,44)/t31-/m0/s1. The van der Waals surface area contributed by atoms with Crippen molar-refractivity contribution < 1.29 is 14.3 Å². The molecule has 15 heteroatoms. The van der Waals surface area contributed by atoms with Gasteiger partial charge in [0.2, 0.25) is 11.9 Å². The number of aliphatic imine (C=N–C) groups is 1. The Hall–Kier alpha value is -4.47. The number of nitrogens with two attached hydrogens (primary N) is 1. The molecule has 52 heavy (non-hydrogen) atoms. The number of aryl methyl sites for hydroxylation is 1. The Morgan fingerprint density at radius 3 is 2.62 bits per heavy atom. The number of carbonyl (C=O) groups is 2. The van der Waals surface area contributed by atoms with Gasteiger partial charge in [0.05, 0.1) is 18.4 Å². The third-order valence-electron chi connectivity index (χ3n) is 9.89. The number of esters is 1. The number of carbonyl (C=O) groups excluding carboxylic acids is 2. The number of hydrogen-bond donors (Lipinski definition) is 4. The number of benzene rings is 1. The molecule has 1 aromatic carbocycles. The van der Waals surface area contributed by atoms with Crippen molar-refractivity contribution in [2.45, 2.75) is 96.0 Å². The molecule has 0 radical (unpaired) electrons. The van der Waals surface area contributed by atoms with Crippen molar-refractivity contribution in [3.63, 3.8) is 0 Å². The first kappa shape index (κ1) is 37.3. The van der Waals surface area contributed by atoms with Crippen molar-refractivity contribution >= 4 is 35.5 Å². The number of aromatic nitrogens is 5. The number of fused-ring (bicyclic) bond motifs is 1. The smallest absolute Gasteiger partial charge is 0.323 e. The van der Waals surface area contributed by atoms with Crippen molar-refractivity contribution in [2.75, 3.05) is 56.0 Å². The van der Waals surface area contributed by atoms with Gasteiger partial charge in [0, 0.05) is 57.8 Å². The second-order valence-corrected chi connectivity index (χ2v) is 13.9. The van der Waals surface area contributed by atoms with E-state index in [-0.39, 0.29) is 25.4 Å². The molecule has 15 nitrogen and oxygen atoms in total. The molecule has 2 fully saturated rings. The van der Waals surface area contributed by atoms with Crippen LogP contribution in [0.15, 0.2) is 41.5 Å². The predicted molar refractivity (Wildman–Crippen MR) is 200 cm³/mol. The Morgan fingerprint density at radius 2 is 1.79 bits per heavy atom. The molecule has 2 aliphatic heterocycles. The normalized spacial score (nSPS) is 16.6. The van der Waals surface area contributed by atoms with Crippen LogP contribution >= 0.6 is 0 Å². The molecule has 280 valence electrons. The number of nitrogens with one attached hydrogen (secondary N) is 3. The lowest BCUT2D eigenvalue weighted by atomic mass is 9.95. The summed E-state index contributed by atoms with van der Waals surface area (Å²) in [5.74, 6) is 0.748. The number of hydrogen-bond acceptors (Lipinski definition) is 13. The molecule has 6 rings (SSSR count). The summed E-state index contributed by atoms with van der Waals surface area (Å²) in [6.07, 6.45) is 13.8. The van der Waals surface area contributed by atoms with E-state index in [0.717, 1.165) is 67.7 Å². The molecule has 3 aromatic rings. The van der Waals surface area contributed by atoms with Gasteiger partial charge in [0.25, 0.3) is 0 Å². The van der Waals surface area contributed by atoms with Crippen LogP contribution in [-0.4, -0.2) is 106 Å². The van der Waals surface area contributed by atoms with Crippen molar-refractivity contribution in [3.05, 3.63) is 53.5 Å². The summed E-state index contributed by atoms with van der Waals surface area (Å²) in [5.41, 5.74) is 9.39. The summed E-state index contributed by atoms with van der Waals surface area (Å²) in [5, 5.41) is 19.3. The van der Waals surface area contributed by atoms with E-state index in [1.54, 1.807) is 0 Å². The maximum atomic E-state index is 13.0. The molecule has 1 saturated carbocycles. The lowest BCUT2D eigenvalue weighted by molar-refractivity contribution is -0.146. The van der Waals surface area contributed by atoms with Crippen molar-refractivity contribution in [1.82, 2.24) is 40.5 Å². The third kappa shape index (κ3) is 11.0. The molecule has 3 aliphatic rings. The zero-order valence-corrected chi connectivity index (χ0v) is 30.2. The van der Waals surface area contributed by atoms with E-state index in [0.29, 0.717) is 50.9 Å². The molecule has 1 amide bonds. The highest BCUT2D eigenvalue weighted by Gasteiger charge is 2.26. The Bertz CT molecular complexity index is 1600. The third-order valence-corrected chi connectivity index (χ3v) is 9.89. The SMILES string of the molecule is N[C@@H](CCC(=O)N1CCN(c2nc3c(c(NCc4cn(CCCNCCCNC5CCCCC5)nn4)n2)N=CC3)CC1)C(=O)OCc1ccccc1. The quantitative estimate of drug-likeness (QED) is 0.106. The summed E-state index contributed by atoms with van der Waals surface area (Å²) in [6.45, 7) is 6.75. The fraction of sp³-hybridized carbons (Fsp3) is 0.595. The van der Waals surface area contributed by atoms with E-state index in [1.807, 2.05) is 52.3 Å². The molecule has 1 atom stereocenters. The van der Waals surface area contributed by atoms with Crippen molar-refractivity contribution in [3.8, 4) is 0 Å².